The Morgan fingerprint density at radius 3 is 2.97 bits per heavy atom. The van der Waals surface area contributed by atoms with Crippen LogP contribution in [-0.4, -0.2) is 37.0 Å². The second-order valence-corrected chi connectivity index (χ2v) is 6.89. The highest BCUT2D eigenvalue weighted by Gasteiger charge is 2.36. The Hall–Kier alpha value is -3.86. The van der Waals surface area contributed by atoms with Gasteiger partial charge in [0.15, 0.2) is 6.61 Å². The van der Waals surface area contributed by atoms with Gasteiger partial charge in [-0.05, 0) is 49.2 Å². The second kappa shape index (κ2) is 7.64. The van der Waals surface area contributed by atoms with E-state index in [4.69, 9.17) is 10.00 Å². The molecule has 0 spiro atoms. The van der Waals surface area contributed by atoms with E-state index in [9.17, 15) is 14.4 Å². The number of nitrogens with zero attached hydrogens (tertiary/aromatic N) is 2. The fraction of sp³-hybridized carbons (Fsp3) is 0.238. The summed E-state index contributed by atoms with van der Waals surface area (Å²) in [4.78, 5) is 38.6. The van der Waals surface area contributed by atoms with Gasteiger partial charge in [-0.25, -0.2) is 4.79 Å². The third-order valence-corrected chi connectivity index (χ3v) is 4.96. The zero-order chi connectivity index (χ0) is 20.4. The van der Waals surface area contributed by atoms with Crippen molar-refractivity contribution < 1.29 is 19.1 Å². The van der Waals surface area contributed by atoms with Gasteiger partial charge < -0.3 is 20.3 Å². The molecule has 0 saturated carbocycles. The molecule has 0 aliphatic carbocycles. The number of nitriles is 1. The zero-order valence-corrected chi connectivity index (χ0v) is 15.5. The summed E-state index contributed by atoms with van der Waals surface area (Å²) in [6.07, 6.45) is 1.77. The van der Waals surface area contributed by atoms with Gasteiger partial charge in [0.25, 0.3) is 5.91 Å². The number of carbonyl (C=O) groups is 3. The molecule has 8 nitrogen and oxygen atoms in total. The Morgan fingerprint density at radius 1 is 1.28 bits per heavy atom. The Labute approximate surface area is 167 Å². The van der Waals surface area contributed by atoms with Crippen LogP contribution in [-0.2, 0) is 14.3 Å². The molecule has 0 aromatic heterocycles. The number of ether oxygens (including phenoxy) is 1. The minimum atomic E-state index is -0.661. The van der Waals surface area contributed by atoms with Crippen molar-refractivity contribution in [2.24, 2.45) is 0 Å². The molecule has 146 valence electrons. The first-order valence-electron chi connectivity index (χ1n) is 9.24. The number of benzene rings is 2. The van der Waals surface area contributed by atoms with Gasteiger partial charge >= 0.3 is 5.97 Å². The first kappa shape index (κ1) is 18.5. The third-order valence-electron chi connectivity index (χ3n) is 4.96. The first-order chi connectivity index (χ1) is 14.0. The van der Waals surface area contributed by atoms with Crippen LogP contribution in [0.5, 0.6) is 0 Å². The van der Waals surface area contributed by atoms with Gasteiger partial charge in [0.2, 0.25) is 5.91 Å². The number of rotatable bonds is 4. The number of nitrogens with one attached hydrogen (secondary N) is 2. The average molecular weight is 390 g/mol. The minimum absolute atomic E-state index is 0.0699. The molecule has 0 unspecified atom stereocenters. The summed E-state index contributed by atoms with van der Waals surface area (Å²) in [5, 5.41) is 14.3. The van der Waals surface area contributed by atoms with E-state index in [2.05, 4.69) is 10.6 Å². The van der Waals surface area contributed by atoms with Crippen molar-refractivity contribution in [2.75, 3.05) is 28.7 Å². The SMILES string of the molecule is N#Cc1cccc(NC(=O)COC(=O)c2ccc3c(c2)NC(=O)[C@H]2CCCN32)c1. The van der Waals surface area contributed by atoms with E-state index in [1.165, 1.54) is 6.07 Å². The van der Waals surface area contributed by atoms with Crippen LogP contribution in [0.25, 0.3) is 0 Å². The number of amides is 2. The molecular formula is C21H18N4O4. The van der Waals surface area contributed by atoms with Gasteiger partial charge in [0.05, 0.1) is 28.6 Å². The van der Waals surface area contributed by atoms with E-state index < -0.39 is 18.5 Å². The van der Waals surface area contributed by atoms with E-state index in [1.807, 2.05) is 11.0 Å². The zero-order valence-electron chi connectivity index (χ0n) is 15.5. The number of anilines is 3. The van der Waals surface area contributed by atoms with Crippen LogP contribution in [0.1, 0.15) is 28.8 Å². The number of carbonyl (C=O) groups excluding carboxylic acids is 3. The number of hydrogen-bond donors (Lipinski definition) is 2. The fourth-order valence-corrected chi connectivity index (χ4v) is 3.64. The molecule has 2 N–H and O–H groups in total. The molecule has 2 aliphatic rings. The molecule has 0 radical (unpaired) electrons. The highest BCUT2D eigenvalue weighted by molar-refractivity contribution is 6.05. The van der Waals surface area contributed by atoms with Crippen LogP contribution in [0.2, 0.25) is 0 Å². The Morgan fingerprint density at radius 2 is 2.14 bits per heavy atom. The van der Waals surface area contributed by atoms with Crippen molar-refractivity contribution in [1.82, 2.24) is 0 Å². The van der Waals surface area contributed by atoms with E-state index in [-0.39, 0.29) is 17.5 Å². The van der Waals surface area contributed by atoms with Crippen LogP contribution in [0.4, 0.5) is 17.1 Å². The molecule has 1 saturated heterocycles. The van der Waals surface area contributed by atoms with Gasteiger partial charge in [-0.2, -0.15) is 5.26 Å². The van der Waals surface area contributed by atoms with Crippen molar-refractivity contribution in [2.45, 2.75) is 18.9 Å². The van der Waals surface area contributed by atoms with Crippen LogP contribution >= 0.6 is 0 Å². The Bertz CT molecular complexity index is 1040. The lowest BCUT2D eigenvalue weighted by Gasteiger charge is -2.33. The highest BCUT2D eigenvalue weighted by atomic mass is 16.5. The Balaban J connectivity index is 1.39. The topological polar surface area (TPSA) is 112 Å². The average Bonchev–Trinajstić information content (AvgIpc) is 3.22. The lowest BCUT2D eigenvalue weighted by atomic mass is 10.1. The molecule has 29 heavy (non-hydrogen) atoms. The molecule has 4 rings (SSSR count). The van der Waals surface area contributed by atoms with Gasteiger partial charge in [-0.3, -0.25) is 9.59 Å². The Kier molecular flexibility index (Phi) is 4.87. The molecular weight excluding hydrogens is 372 g/mol. The molecule has 2 aromatic rings. The lowest BCUT2D eigenvalue weighted by Crippen LogP contribution is -2.43. The summed E-state index contributed by atoms with van der Waals surface area (Å²) in [6.45, 7) is 0.343. The minimum Gasteiger partial charge on any atom is -0.452 e. The summed E-state index contributed by atoms with van der Waals surface area (Å²) >= 11 is 0. The maximum absolute atomic E-state index is 12.3. The van der Waals surface area contributed by atoms with Crippen molar-refractivity contribution >= 4 is 34.8 Å². The lowest BCUT2D eigenvalue weighted by molar-refractivity contribution is -0.119. The quantitative estimate of drug-likeness (QED) is 0.775. The number of hydrogen-bond acceptors (Lipinski definition) is 6. The summed E-state index contributed by atoms with van der Waals surface area (Å²) in [6, 6.07) is 13.2. The summed E-state index contributed by atoms with van der Waals surface area (Å²) < 4.78 is 5.08. The summed E-state index contributed by atoms with van der Waals surface area (Å²) in [7, 11) is 0. The van der Waals surface area contributed by atoms with E-state index in [0.29, 0.717) is 16.9 Å². The van der Waals surface area contributed by atoms with Crippen LogP contribution in [0.3, 0.4) is 0 Å². The predicted octanol–water partition coefficient (Wildman–Crippen LogP) is 2.27. The smallest absolute Gasteiger partial charge is 0.338 e. The molecule has 1 atom stereocenters. The summed E-state index contributed by atoms with van der Waals surface area (Å²) in [5.74, 6) is -1.24. The maximum Gasteiger partial charge on any atom is 0.338 e. The number of esters is 1. The molecule has 2 aromatic carbocycles. The molecule has 2 amide bonds. The van der Waals surface area contributed by atoms with Crippen molar-refractivity contribution in [3.63, 3.8) is 0 Å². The first-order valence-corrected chi connectivity index (χ1v) is 9.24. The van der Waals surface area contributed by atoms with E-state index in [1.54, 1.807) is 36.4 Å². The van der Waals surface area contributed by atoms with Gasteiger partial charge in [0, 0.05) is 12.2 Å². The van der Waals surface area contributed by atoms with Crippen molar-refractivity contribution in [3.05, 3.63) is 53.6 Å². The van der Waals surface area contributed by atoms with Crippen LogP contribution in [0.15, 0.2) is 42.5 Å². The standard InChI is InChI=1S/C21H18N4O4/c22-11-13-3-1-4-15(9-13)23-19(26)12-29-21(28)14-6-7-17-16(10-14)24-20(27)18-5-2-8-25(17)18/h1,3-4,6-7,9-10,18H,2,5,8,12H2,(H,23,26)(H,24,27)/t18-/m1/s1. The molecule has 2 aliphatic heterocycles. The second-order valence-electron chi connectivity index (χ2n) is 6.89. The highest BCUT2D eigenvalue weighted by Crippen LogP contribution is 2.37. The fourth-order valence-electron chi connectivity index (χ4n) is 3.64. The molecule has 0 bridgehead atoms. The van der Waals surface area contributed by atoms with E-state index in [0.717, 1.165) is 25.1 Å². The van der Waals surface area contributed by atoms with Crippen molar-refractivity contribution in [3.8, 4) is 6.07 Å². The maximum atomic E-state index is 12.3. The van der Waals surface area contributed by atoms with Gasteiger partial charge in [0.1, 0.15) is 6.04 Å². The number of fused-ring (bicyclic) bond motifs is 3. The van der Waals surface area contributed by atoms with Gasteiger partial charge in [-0.1, -0.05) is 6.07 Å². The molecule has 8 heteroatoms. The third kappa shape index (κ3) is 3.75. The van der Waals surface area contributed by atoms with E-state index >= 15 is 0 Å². The molecule has 2 heterocycles. The molecule has 1 fully saturated rings. The van der Waals surface area contributed by atoms with Gasteiger partial charge in [-0.15, -0.1) is 0 Å². The van der Waals surface area contributed by atoms with Crippen LogP contribution in [0, 0.1) is 11.3 Å². The largest absolute Gasteiger partial charge is 0.452 e. The predicted molar refractivity (Wildman–Crippen MR) is 106 cm³/mol. The summed E-state index contributed by atoms with van der Waals surface area (Å²) in [5.41, 5.74) is 2.57. The normalized spacial score (nSPS) is 16.9. The van der Waals surface area contributed by atoms with Crippen molar-refractivity contribution in [1.29, 1.82) is 5.26 Å². The monoisotopic (exact) mass is 390 g/mol. The van der Waals surface area contributed by atoms with Crippen LogP contribution < -0.4 is 15.5 Å².